The minimum atomic E-state index is 0. The number of likely N-dealkylation sites (tertiary alicyclic amines) is 1. The molecular formula is C14H24Cl2N4OS. The number of nitrogens with two attached hydrogens (primary N) is 1. The Labute approximate surface area is 148 Å². The van der Waals surface area contributed by atoms with Crippen molar-refractivity contribution in [1.82, 2.24) is 14.8 Å². The molecule has 0 radical (unpaired) electrons. The fourth-order valence-electron chi connectivity index (χ4n) is 3.40. The molecule has 2 bridgehead atoms. The van der Waals surface area contributed by atoms with E-state index in [1.54, 1.807) is 0 Å². The van der Waals surface area contributed by atoms with E-state index in [-0.39, 0.29) is 30.7 Å². The topological polar surface area (TPSA) is 62.5 Å². The van der Waals surface area contributed by atoms with Gasteiger partial charge in [0.25, 0.3) is 5.91 Å². The van der Waals surface area contributed by atoms with E-state index in [1.165, 1.54) is 11.3 Å². The second-order valence-electron chi connectivity index (χ2n) is 5.61. The molecule has 3 rings (SSSR count). The summed E-state index contributed by atoms with van der Waals surface area (Å²) in [7, 11) is 0. The molecule has 2 aliphatic heterocycles. The number of nitrogens with zero attached hydrogens (tertiary/aromatic N) is 3. The van der Waals surface area contributed by atoms with Crippen LogP contribution in [0, 0.1) is 0 Å². The van der Waals surface area contributed by atoms with E-state index in [2.05, 4.69) is 21.7 Å². The van der Waals surface area contributed by atoms with Crippen LogP contribution in [0.5, 0.6) is 0 Å². The zero-order chi connectivity index (χ0) is 14.1. The molecule has 0 saturated carbocycles. The third-order valence-electron chi connectivity index (χ3n) is 4.49. The Bertz CT molecular complexity index is 499. The van der Waals surface area contributed by atoms with E-state index in [9.17, 15) is 4.79 Å². The van der Waals surface area contributed by atoms with Crippen molar-refractivity contribution in [3.63, 3.8) is 0 Å². The smallest absolute Gasteiger partial charge is 0.273 e. The van der Waals surface area contributed by atoms with Crippen LogP contribution in [-0.2, 0) is 6.54 Å². The van der Waals surface area contributed by atoms with Crippen LogP contribution in [-0.4, -0.2) is 52.4 Å². The van der Waals surface area contributed by atoms with Crippen LogP contribution in [0.4, 0.5) is 0 Å². The van der Waals surface area contributed by atoms with Gasteiger partial charge in [-0.1, -0.05) is 6.92 Å². The first-order valence-electron chi connectivity index (χ1n) is 7.42. The van der Waals surface area contributed by atoms with Gasteiger partial charge in [-0.3, -0.25) is 4.79 Å². The molecule has 1 aromatic heterocycles. The Morgan fingerprint density at radius 2 is 2.09 bits per heavy atom. The van der Waals surface area contributed by atoms with Gasteiger partial charge in [-0.05, 0) is 25.8 Å². The van der Waals surface area contributed by atoms with Crippen LogP contribution >= 0.6 is 36.2 Å². The molecule has 2 atom stereocenters. The largest absolute Gasteiger partial charge is 0.330 e. The second-order valence-corrected chi connectivity index (χ2v) is 6.55. The van der Waals surface area contributed by atoms with Crippen LogP contribution < -0.4 is 5.73 Å². The highest BCUT2D eigenvalue weighted by molar-refractivity contribution is 7.09. The molecule has 0 aromatic carbocycles. The lowest BCUT2D eigenvalue weighted by molar-refractivity contribution is 0.0666. The number of carbonyl (C=O) groups excluding carboxylic acids is 1. The summed E-state index contributed by atoms with van der Waals surface area (Å²) in [5, 5.41) is 2.69. The number of amides is 1. The Balaban J connectivity index is 0.00000121. The molecule has 3 heterocycles. The molecule has 126 valence electrons. The van der Waals surface area contributed by atoms with Crippen molar-refractivity contribution < 1.29 is 4.79 Å². The van der Waals surface area contributed by atoms with Gasteiger partial charge in [-0.15, -0.1) is 36.2 Å². The van der Waals surface area contributed by atoms with E-state index in [1.807, 2.05) is 5.38 Å². The average molecular weight is 367 g/mol. The van der Waals surface area contributed by atoms with Crippen molar-refractivity contribution in [2.24, 2.45) is 5.73 Å². The number of carbonyl (C=O) groups is 1. The van der Waals surface area contributed by atoms with Crippen LogP contribution in [0.2, 0.25) is 0 Å². The number of likely N-dealkylation sites (N-methyl/N-ethyl adjacent to an activating group) is 1. The molecule has 2 aliphatic rings. The predicted octanol–water partition coefficient (Wildman–Crippen LogP) is 2.14. The first kappa shape index (κ1) is 19.6. The minimum absolute atomic E-state index is 0. The molecule has 2 saturated heterocycles. The van der Waals surface area contributed by atoms with Crippen molar-refractivity contribution in [1.29, 1.82) is 0 Å². The van der Waals surface area contributed by atoms with Crippen LogP contribution in [0.15, 0.2) is 5.38 Å². The van der Waals surface area contributed by atoms with E-state index >= 15 is 0 Å². The number of hydrogen-bond acceptors (Lipinski definition) is 5. The predicted molar refractivity (Wildman–Crippen MR) is 94.2 cm³/mol. The van der Waals surface area contributed by atoms with Crippen molar-refractivity contribution >= 4 is 42.1 Å². The van der Waals surface area contributed by atoms with Crippen LogP contribution in [0.25, 0.3) is 0 Å². The van der Waals surface area contributed by atoms with Crippen LogP contribution in [0.3, 0.4) is 0 Å². The first-order valence-corrected chi connectivity index (χ1v) is 8.30. The Kier molecular flexibility index (Phi) is 7.55. The quantitative estimate of drug-likeness (QED) is 0.889. The lowest BCUT2D eigenvalue weighted by atomic mass is 10.1. The molecule has 0 aliphatic carbocycles. The molecule has 8 heteroatoms. The standard InChI is InChI=1S/C14H22N4OS.2ClH/c1-2-17-6-5-10-3-4-11(8-17)18(10)14(19)12-9-20-13(7-15)16-12;;/h9-11H,2-8,15H2,1H3;2*1H. The zero-order valence-electron chi connectivity index (χ0n) is 12.7. The highest BCUT2D eigenvalue weighted by atomic mass is 35.5. The van der Waals surface area contributed by atoms with E-state index in [4.69, 9.17) is 5.73 Å². The van der Waals surface area contributed by atoms with Gasteiger partial charge < -0.3 is 15.5 Å². The van der Waals surface area contributed by atoms with Crippen molar-refractivity contribution in [2.75, 3.05) is 19.6 Å². The summed E-state index contributed by atoms with van der Waals surface area (Å²) in [4.78, 5) is 21.7. The molecule has 5 nitrogen and oxygen atoms in total. The monoisotopic (exact) mass is 366 g/mol. The maximum atomic E-state index is 12.7. The Hall–Kier alpha value is -0.400. The highest BCUT2D eigenvalue weighted by Gasteiger charge is 2.40. The van der Waals surface area contributed by atoms with Gasteiger partial charge >= 0.3 is 0 Å². The Morgan fingerprint density at radius 1 is 1.36 bits per heavy atom. The molecule has 2 unspecified atom stereocenters. The van der Waals surface area contributed by atoms with Crippen LogP contribution in [0.1, 0.15) is 41.7 Å². The number of halogens is 2. The van der Waals surface area contributed by atoms with Crippen molar-refractivity contribution in [3.8, 4) is 0 Å². The number of hydrogen-bond donors (Lipinski definition) is 1. The van der Waals surface area contributed by atoms with Gasteiger partial charge in [0.05, 0.1) is 0 Å². The number of fused-ring (bicyclic) bond motifs is 2. The maximum Gasteiger partial charge on any atom is 0.273 e. The van der Waals surface area contributed by atoms with Crippen molar-refractivity contribution in [3.05, 3.63) is 16.1 Å². The fraction of sp³-hybridized carbons (Fsp3) is 0.714. The van der Waals surface area contributed by atoms with Gasteiger partial charge in [0.2, 0.25) is 0 Å². The third kappa shape index (κ3) is 3.74. The molecule has 1 aromatic rings. The summed E-state index contributed by atoms with van der Waals surface area (Å²) in [6, 6.07) is 0.755. The molecule has 1 amide bonds. The molecule has 22 heavy (non-hydrogen) atoms. The van der Waals surface area contributed by atoms with Gasteiger partial charge in [-0.25, -0.2) is 4.98 Å². The lowest BCUT2D eigenvalue weighted by Gasteiger charge is -2.28. The third-order valence-corrected chi connectivity index (χ3v) is 5.37. The zero-order valence-corrected chi connectivity index (χ0v) is 15.2. The fourth-order valence-corrected chi connectivity index (χ4v) is 4.05. The highest BCUT2D eigenvalue weighted by Crippen LogP contribution is 2.31. The van der Waals surface area contributed by atoms with Gasteiger partial charge in [-0.2, -0.15) is 0 Å². The SMILES string of the molecule is CCN1CCC2CCC(C1)N2C(=O)c1csc(CN)n1.Cl.Cl. The summed E-state index contributed by atoms with van der Waals surface area (Å²) in [6.07, 6.45) is 3.35. The lowest BCUT2D eigenvalue weighted by Crippen LogP contribution is -2.43. The molecule has 2 fully saturated rings. The van der Waals surface area contributed by atoms with E-state index < -0.39 is 0 Å². The molecular weight excluding hydrogens is 343 g/mol. The summed E-state index contributed by atoms with van der Waals surface area (Å²) < 4.78 is 0. The number of rotatable bonds is 3. The summed E-state index contributed by atoms with van der Waals surface area (Å²) in [5.74, 6) is 0.103. The summed E-state index contributed by atoms with van der Waals surface area (Å²) in [6.45, 7) is 5.78. The minimum Gasteiger partial charge on any atom is -0.330 e. The van der Waals surface area contributed by atoms with E-state index in [0.717, 1.165) is 43.9 Å². The number of aromatic nitrogens is 1. The molecule has 2 N–H and O–H groups in total. The summed E-state index contributed by atoms with van der Waals surface area (Å²) in [5.41, 5.74) is 6.17. The molecule has 0 spiro atoms. The first-order chi connectivity index (χ1) is 9.72. The van der Waals surface area contributed by atoms with E-state index in [0.29, 0.717) is 24.3 Å². The second kappa shape index (κ2) is 8.45. The maximum absolute atomic E-state index is 12.7. The Morgan fingerprint density at radius 3 is 2.73 bits per heavy atom. The average Bonchev–Trinajstić information content (AvgIpc) is 3.02. The van der Waals surface area contributed by atoms with Crippen molar-refractivity contribution in [2.45, 2.75) is 44.8 Å². The van der Waals surface area contributed by atoms with Gasteiger partial charge in [0, 0.05) is 37.1 Å². The number of thiazole rings is 1. The summed E-state index contributed by atoms with van der Waals surface area (Å²) >= 11 is 1.48. The normalized spacial score (nSPS) is 24.4. The van der Waals surface area contributed by atoms with Gasteiger partial charge in [0.1, 0.15) is 10.7 Å². The van der Waals surface area contributed by atoms with Gasteiger partial charge in [0.15, 0.2) is 0 Å².